The largest absolute Gasteiger partial charge is 0.295 e. The van der Waals surface area contributed by atoms with Crippen LogP contribution in [0.5, 0.6) is 0 Å². The Morgan fingerprint density at radius 2 is 2.31 bits per heavy atom. The first kappa shape index (κ1) is 9.54. The van der Waals surface area contributed by atoms with Gasteiger partial charge in [0.15, 0.2) is 0 Å². The van der Waals surface area contributed by atoms with E-state index in [4.69, 9.17) is 0 Å². The Bertz CT molecular complexity index is 490. The number of H-pyrrole nitrogens is 1. The van der Waals surface area contributed by atoms with Gasteiger partial charge in [-0.25, -0.2) is 0 Å². The van der Waals surface area contributed by atoms with Crippen molar-refractivity contribution in [2.75, 3.05) is 6.54 Å². The smallest absolute Gasteiger partial charge is 0.113 e. The Labute approximate surface area is 94.3 Å². The Balaban J connectivity index is 2.07. The van der Waals surface area contributed by atoms with E-state index >= 15 is 0 Å². The molecule has 3 rings (SSSR count). The van der Waals surface area contributed by atoms with Gasteiger partial charge < -0.3 is 0 Å². The molecule has 0 saturated carbocycles. The van der Waals surface area contributed by atoms with E-state index in [9.17, 15) is 0 Å². The second kappa shape index (κ2) is 3.72. The van der Waals surface area contributed by atoms with E-state index in [1.54, 1.807) is 6.20 Å². The molecule has 0 spiro atoms. The lowest BCUT2D eigenvalue weighted by atomic mass is 10.0. The summed E-state index contributed by atoms with van der Waals surface area (Å²) >= 11 is 0. The van der Waals surface area contributed by atoms with Gasteiger partial charge in [0.25, 0.3) is 0 Å². The molecule has 0 unspecified atom stereocenters. The summed E-state index contributed by atoms with van der Waals surface area (Å²) < 4.78 is 0. The third-order valence-corrected chi connectivity index (χ3v) is 3.19. The number of hydrogen-bond acceptors (Lipinski definition) is 3. The van der Waals surface area contributed by atoms with Gasteiger partial charge in [-0.1, -0.05) is 25.1 Å². The standard InChI is InChI=1S/C12H14N4/c1-2-16-7-9-4-3-5-10(11(9)8-16)12-6-13-15-14-12/h3-6H,2,7-8H2,1H3,(H,13,14,15). The van der Waals surface area contributed by atoms with Gasteiger partial charge in [-0.2, -0.15) is 15.4 Å². The molecule has 0 aliphatic carbocycles. The highest BCUT2D eigenvalue weighted by atomic mass is 15.3. The van der Waals surface area contributed by atoms with Crippen molar-refractivity contribution in [3.05, 3.63) is 35.5 Å². The maximum atomic E-state index is 4.16. The lowest BCUT2D eigenvalue weighted by Crippen LogP contribution is -2.14. The molecule has 1 aromatic carbocycles. The Morgan fingerprint density at radius 1 is 1.38 bits per heavy atom. The second-order valence-corrected chi connectivity index (χ2v) is 4.10. The first-order valence-electron chi connectivity index (χ1n) is 5.57. The molecule has 4 heteroatoms. The van der Waals surface area contributed by atoms with Crippen molar-refractivity contribution < 1.29 is 0 Å². The Hall–Kier alpha value is -1.68. The Morgan fingerprint density at radius 3 is 3.06 bits per heavy atom. The van der Waals surface area contributed by atoms with Crippen LogP contribution in [0.15, 0.2) is 24.4 Å². The SMILES string of the molecule is CCN1Cc2cccc(-c3cn[nH]n3)c2C1. The summed E-state index contributed by atoms with van der Waals surface area (Å²) in [5.74, 6) is 0. The van der Waals surface area contributed by atoms with Crippen molar-refractivity contribution in [3.63, 3.8) is 0 Å². The van der Waals surface area contributed by atoms with Gasteiger partial charge in [0, 0.05) is 18.7 Å². The van der Waals surface area contributed by atoms with E-state index in [0.29, 0.717) is 0 Å². The minimum Gasteiger partial charge on any atom is -0.295 e. The van der Waals surface area contributed by atoms with Crippen molar-refractivity contribution in [1.29, 1.82) is 0 Å². The minimum atomic E-state index is 0.940. The fourth-order valence-electron chi connectivity index (χ4n) is 2.28. The summed E-state index contributed by atoms with van der Waals surface area (Å²) in [6, 6.07) is 6.42. The highest BCUT2D eigenvalue weighted by Crippen LogP contribution is 2.30. The molecular formula is C12H14N4. The number of nitrogens with one attached hydrogen (secondary N) is 1. The fraction of sp³-hybridized carbons (Fsp3) is 0.333. The van der Waals surface area contributed by atoms with E-state index in [1.165, 1.54) is 16.7 Å². The zero-order chi connectivity index (χ0) is 11.0. The van der Waals surface area contributed by atoms with Gasteiger partial charge in [-0.05, 0) is 17.7 Å². The van der Waals surface area contributed by atoms with Crippen molar-refractivity contribution >= 4 is 0 Å². The fourth-order valence-corrected chi connectivity index (χ4v) is 2.28. The zero-order valence-corrected chi connectivity index (χ0v) is 9.27. The van der Waals surface area contributed by atoms with E-state index in [1.807, 2.05) is 0 Å². The van der Waals surface area contributed by atoms with Crippen LogP contribution in [0, 0.1) is 0 Å². The van der Waals surface area contributed by atoms with Gasteiger partial charge in [-0.15, -0.1) is 0 Å². The van der Waals surface area contributed by atoms with Crippen LogP contribution in [-0.2, 0) is 13.1 Å². The van der Waals surface area contributed by atoms with Crippen LogP contribution in [0.2, 0.25) is 0 Å². The van der Waals surface area contributed by atoms with Crippen LogP contribution >= 0.6 is 0 Å². The summed E-state index contributed by atoms with van der Waals surface area (Å²) in [6.07, 6.45) is 1.78. The first-order chi connectivity index (χ1) is 7.88. The molecule has 1 aromatic heterocycles. The van der Waals surface area contributed by atoms with Crippen molar-refractivity contribution in [2.24, 2.45) is 0 Å². The molecule has 16 heavy (non-hydrogen) atoms. The van der Waals surface area contributed by atoms with E-state index in [2.05, 4.69) is 45.4 Å². The molecule has 2 aromatic rings. The molecule has 2 heterocycles. The van der Waals surface area contributed by atoms with Crippen molar-refractivity contribution in [1.82, 2.24) is 20.3 Å². The van der Waals surface area contributed by atoms with Gasteiger partial charge in [0.1, 0.15) is 5.69 Å². The number of fused-ring (bicyclic) bond motifs is 1. The van der Waals surface area contributed by atoms with Crippen LogP contribution in [0.3, 0.4) is 0 Å². The van der Waals surface area contributed by atoms with E-state index in [-0.39, 0.29) is 0 Å². The third-order valence-electron chi connectivity index (χ3n) is 3.19. The highest BCUT2D eigenvalue weighted by Gasteiger charge is 2.21. The summed E-state index contributed by atoms with van der Waals surface area (Å²) in [5, 5.41) is 10.7. The average molecular weight is 214 g/mol. The molecule has 4 nitrogen and oxygen atoms in total. The predicted octanol–water partition coefficient (Wildman–Crippen LogP) is 1.81. The molecule has 82 valence electrons. The number of aromatic amines is 1. The number of nitrogens with zero attached hydrogens (tertiary/aromatic N) is 3. The summed E-state index contributed by atoms with van der Waals surface area (Å²) in [5.41, 5.74) is 4.97. The molecule has 1 aliphatic rings. The lowest BCUT2D eigenvalue weighted by Gasteiger charge is -2.10. The predicted molar refractivity (Wildman–Crippen MR) is 61.6 cm³/mol. The molecule has 1 N–H and O–H groups in total. The molecule has 0 atom stereocenters. The number of hydrogen-bond donors (Lipinski definition) is 1. The summed E-state index contributed by atoms with van der Waals surface area (Å²) in [6.45, 7) is 5.36. The minimum absolute atomic E-state index is 0.940. The molecule has 0 saturated heterocycles. The van der Waals surface area contributed by atoms with Gasteiger partial charge in [-0.3, -0.25) is 4.90 Å². The topological polar surface area (TPSA) is 44.8 Å². The second-order valence-electron chi connectivity index (χ2n) is 4.10. The number of aromatic nitrogens is 3. The van der Waals surface area contributed by atoms with Gasteiger partial charge in [0.2, 0.25) is 0 Å². The zero-order valence-electron chi connectivity index (χ0n) is 9.27. The monoisotopic (exact) mass is 214 g/mol. The van der Waals surface area contributed by atoms with Crippen molar-refractivity contribution in [3.8, 4) is 11.3 Å². The first-order valence-corrected chi connectivity index (χ1v) is 5.57. The maximum absolute atomic E-state index is 4.16. The van der Waals surface area contributed by atoms with E-state index in [0.717, 1.165) is 25.3 Å². The van der Waals surface area contributed by atoms with Crippen LogP contribution in [-0.4, -0.2) is 26.9 Å². The average Bonchev–Trinajstić information content (AvgIpc) is 2.97. The highest BCUT2D eigenvalue weighted by molar-refractivity contribution is 5.65. The summed E-state index contributed by atoms with van der Waals surface area (Å²) in [7, 11) is 0. The molecular weight excluding hydrogens is 200 g/mol. The normalized spacial score (nSPS) is 15.3. The van der Waals surface area contributed by atoms with E-state index < -0.39 is 0 Å². The lowest BCUT2D eigenvalue weighted by molar-refractivity contribution is 0.301. The Kier molecular flexibility index (Phi) is 2.22. The third kappa shape index (κ3) is 1.42. The molecule has 0 bridgehead atoms. The van der Waals surface area contributed by atoms with Crippen LogP contribution in [0.4, 0.5) is 0 Å². The molecule has 0 radical (unpaired) electrons. The molecule has 0 amide bonds. The van der Waals surface area contributed by atoms with Gasteiger partial charge >= 0.3 is 0 Å². The number of rotatable bonds is 2. The van der Waals surface area contributed by atoms with Crippen LogP contribution in [0.25, 0.3) is 11.3 Å². The van der Waals surface area contributed by atoms with Crippen LogP contribution < -0.4 is 0 Å². The quantitative estimate of drug-likeness (QED) is 0.829. The van der Waals surface area contributed by atoms with Crippen molar-refractivity contribution in [2.45, 2.75) is 20.0 Å². The number of benzene rings is 1. The molecule has 1 aliphatic heterocycles. The van der Waals surface area contributed by atoms with Crippen LogP contribution in [0.1, 0.15) is 18.1 Å². The maximum Gasteiger partial charge on any atom is 0.113 e. The van der Waals surface area contributed by atoms with Gasteiger partial charge in [0.05, 0.1) is 6.20 Å². The molecule has 0 fully saturated rings. The summed E-state index contributed by atoms with van der Waals surface area (Å²) in [4.78, 5) is 2.42.